The molecule has 1 aliphatic carbocycles. The highest BCUT2D eigenvalue weighted by molar-refractivity contribution is 5.83. The summed E-state index contributed by atoms with van der Waals surface area (Å²) >= 11 is 0. The summed E-state index contributed by atoms with van der Waals surface area (Å²) in [7, 11) is 0. The summed E-state index contributed by atoms with van der Waals surface area (Å²) < 4.78 is 0. The lowest BCUT2D eigenvalue weighted by atomic mass is 9.81. The van der Waals surface area contributed by atoms with E-state index in [-0.39, 0.29) is 5.41 Å². The number of carbonyl (C=O) groups is 1. The minimum absolute atomic E-state index is 0.205. The number of carbonyl (C=O) groups excluding carboxylic acids is 1. The van der Waals surface area contributed by atoms with Crippen molar-refractivity contribution >= 4 is 5.91 Å². The Morgan fingerprint density at radius 1 is 1.44 bits per heavy atom. The van der Waals surface area contributed by atoms with Gasteiger partial charge in [0.15, 0.2) is 0 Å². The molecular weight excluding hydrogens is 224 g/mol. The smallest absolute Gasteiger partial charge is 0.230 e. The second-order valence-corrected chi connectivity index (χ2v) is 6.03. The highest BCUT2D eigenvalue weighted by Crippen LogP contribution is 2.32. The molecule has 2 aliphatic rings. The number of nitrogens with one attached hydrogen (secondary N) is 1. The Bertz CT molecular complexity index is 302. The maximum Gasteiger partial charge on any atom is 0.230 e. The van der Waals surface area contributed by atoms with Crippen LogP contribution in [0.25, 0.3) is 0 Å². The maximum atomic E-state index is 12.8. The van der Waals surface area contributed by atoms with Gasteiger partial charge in [0.2, 0.25) is 5.91 Å². The van der Waals surface area contributed by atoms with E-state index in [2.05, 4.69) is 23.7 Å². The zero-order valence-corrected chi connectivity index (χ0v) is 11.6. The first kappa shape index (κ1) is 13.6. The van der Waals surface area contributed by atoms with Crippen LogP contribution in [0.4, 0.5) is 0 Å². The van der Waals surface area contributed by atoms with Crippen molar-refractivity contribution in [1.82, 2.24) is 10.2 Å². The molecule has 1 saturated heterocycles. The average Bonchev–Trinajstić information content (AvgIpc) is 2.90. The molecule has 1 aliphatic heterocycles. The van der Waals surface area contributed by atoms with E-state index >= 15 is 0 Å². The Morgan fingerprint density at radius 2 is 2.17 bits per heavy atom. The first-order valence-corrected chi connectivity index (χ1v) is 7.30. The summed E-state index contributed by atoms with van der Waals surface area (Å²) in [6.45, 7) is 8.51. The van der Waals surface area contributed by atoms with Gasteiger partial charge >= 0.3 is 0 Å². The Hall–Kier alpha value is -0.830. The van der Waals surface area contributed by atoms with Gasteiger partial charge in [0.1, 0.15) is 0 Å². The van der Waals surface area contributed by atoms with Crippen molar-refractivity contribution < 1.29 is 4.79 Å². The third kappa shape index (κ3) is 2.77. The molecule has 0 bridgehead atoms. The quantitative estimate of drug-likeness (QED) is 0.777. The number of amides is 1. The van der Waals surface area contributed by atoms with Gasteiger partial charge in [-0.1, -0.05) is 18.9 Å². The summed E-state index contributed by atoms with van der Waals surface area (Å²) in [5.41, 5.74) is -0.205. The van der Waals surface area contributed by atoms with Gasteiger partial charge in [0, 0.05) is 19.1 Å². The molecule has 2 fully saturated rings. The van der Waals surface area contributed by atoms with Crippen LogP contribution in [0.15, 0.2) is 12.7 Å². The van der Waals surface area contributed by atoms with Crippen molar-refractivity contribution in [1.29, 1.82) is 0 Å². The number of piperidine rings is 1. The van der Waals surface area contributed by atoms with Gasteiger partial charge in [-0.25, -0.2) is 0 Å². The number of hydrogen-bond acceptors (Lipinski definition) is 2. The first-order chi connectivity index (χ1) is 8.67. The van der Waals surface area contributed by atoms with Crippen molar-refractivity contribution in [2.75, 3.05) is 19.6 Å². The SMILES string of the molecule is C=CCN(C(=O)C1(C)CCCNC1)C1CCCC1. The Morgan fingerprint density at radius 3 is 2.72 bits per heavy atom. The maximum absolute atomic E-state index is 12.8. The average molecular weight is 250 g/mol. The van der Waals surface area contributed by atoms with Crippen molar-refractivity contribution in [3.63, 3.8) is 0 Å². The molecule has 1 unspecified atom stereocenters. The third-order valence-electron chi connectivity index (χ3n) is 4.47. The van der Waals surface area contributed by atoms with Crippen LogP contribution in [0.1, 0.15) is 45.4 Å². The second kappa shape index (κ2) is 5.87. The van der Waals surface area contributed by atoms with E-state index in [1.165, 1.54) is 25.7 Å². The zero-order valence-electron chi connectivity index (χ0n) is 11.6. The number of rotatable bonds is 4. The van der Waals surface area contributed by atoms with Crippen LogP contribution < -0.4 is 5.32 Å². The summed E-state index contributed by atoms with van der Waals surface area (Å²) in [4.78, 5) is 14.9. The van der Waals surface area contributed by atoms with E-state index in [0.29, 0.717) is 18.5 Å². The molecule has 0 aromatic heterocycles. The van der Waals surface area contributed by atoms with Crippen molar-refractivity contribution in [2.24, 2.45) is 5.41 Å². The van der Waals surface area contributed by atoms with E-state index in [4.69, 9.17) is 0 Å². The van der Waals surface area contributed by atoms with Gasteiger partial charge in [-0.2, -0.15) is 0 Å². The number of hydrogen-bond donors (Lipinski definition) is 1. The fourth-order valence-corrected chi connectivity index (χ4v) is 3.34. The van der Waals surface area contributed by atoms with Crippen LogP contribution in [0.3, 0.4) is 0 Å². The lowest BCUT2D eigenvalue weighted by Crippen LogP contribution is -2.52. The van der Waals surface area contributed by atoms with Gasteiger partial charge < -0.3 is 10.2 Å². The minimum Gasteiger partial charge on any atom is -0.335 e. The molecule has 18 heavy (non-hydrogen) atoms. The Balaban J connectivity index is 2.08. The van der Waals surface area contributed by atoms with E-state index in [0.717, 1.165) is 25.9 Å². The summed E-state index contributed by atoms with van der Waals surface area (Å²) in [6.07, 6.45) is 8.86. The van der Waals surface area contributed by atoms with Crippen LogP contribution in [-0.2, 0) is 4.79 Å². The fraction of sp³-hybridized carbons (Fsp3) is 0.800. The molecule has 1 N–H and O–H groups in total. The lowest BCUT2D eigenvalue weighted by molar-refractivity contribution is -0.144. The summed E-state index contributed by atoms with van der Waals surface area (Å²) in [6, 6.07) is 0.453. The van der Waals surface area contributed by atoms with Crippen LogP contribution in [-0.4, -0.2) is 36.5 Å². The van der Waals surface area contributed by atoms with Crippen LogP contribution in [0.2, 0.25) is 0 Å². The molecule has 0 aromatic carbocycles. The molecule has 1 heterocycles. The molecule has 1 amide bonds. The third-order valence-corrected chi connectivity index (χ3v) is 4.47. The van der Waals surface area contributed by atoms with Crippen molar-refractivity contribution in [3.8, 4) is 0 Å². The van der Waals surface area contributed by atoms with Crippen molar-refractivity contribution in [2.45, 2.75) is 51.5 Å². The van der Waals surface area contributed by atoms with E-state index in [1.54, 1.807) is 0 Å². The molecule has 0 aromatic rings. The standard InChI is InChI=1S/C15H26N2O/c1-3-11-17(13-7-4-5-8-13)14(18)15(2)9-6-10-16-12-15/h3,13,16H,1,4-12H2,2H3. The van der Waals surface area contributed by atoms with Gasteiger partial charge in [-0.15, -0.1) is 6.58 Å². The van der Waals surface area contributed by atoms with Crippen LogP contribution >= 0.6 is 0 Å². The molecule has 2 rings (SSSR count). The number of nitrogens with zero attached hydrogens (tertiary/aromatic N) is 1. The van der Waals surface area contributed by atoms with E-state index < -0.39 is 0 Å². The normalized spacial score (nSPS) is 29.2. The Labute approximate surface area is 111 Å². The van der Waals surface area contributed by atoms with Gasteiger partial charge in [-0.3, -0.25) is 4.79 Å². The lowest BCUT2D eigenvalue weighted by Gasteiger charge is -2.39. The summed E-state index contributed by atoms with van der Waals surface area (Å²) in [5, 5.41) is 3.37. The van der Waals surface area contributed by atoms with Crippen LogP contribution in [0, 0.1) is 5.41 Å². The predicted molar refractivity (Wildman–Crippen MR) is 74.4 cm³/mol. The highest BCUT2D eigenvalue weighted by Gasteiger charge is 2.39. The van der Waals surface area contributed by atoms with E-state index in [9.17, 15) is 4.79 Å². The monoisotopic (exact) mass is 250 g/mol. The first-order valence-electron chi connectivity index (χ1n) is 7.30. The minimum atomic E-state index is -0.205. The molecule has 1 atom stereocenters. The molecule has 102 valence electrons. The largest absolute Gasteiger partial charge is 0.335 e. The molecule has 3 heteroatoms. The van der Waals surface area contributed by atoms with Gasteiger partial charge in [0.25, 0.3) is 0 Å². The topological polar surface area (TPSA) is 32.3 Å². The highest BCUT2D eigenvalue weighted by atomic mass is 16.2. The van der Waals surface area contributed by atoms with Crippen molar-refractivity contribution in [3.05, 3.63) is 12.7 Å². The summed E-state index contributed by atoms with van der Waals surface area (Å²) in [5.74, 6) is 0.335. The molecule has 0 radical (unpaired) electrons. The van der Waals surface area contributed by atoms with Gasteiger partial charge in [0.05, 0.1) is 5.41 Å². The second-order valence-electron chi connectivity index (χ2n) is 6.03. The predicted octanol–water partition coefficient (Wildman–Crippen LogP) is 2.33. The molecular formula is C15H26N2O. The molecule has 1 saturated carbocycles. The Kier molecular flexibility index (Phi) is 4.44. The van der Waals surface area contributed by atoms with Gasteiger partial charge in [-0.05, 0) is 39.2 Å². The van der Waals surface area contributed by atoms with Crippen LogP contribution in [0.5, 0.6) is 0 Å². The van der Waals surface area contributed by atoms with E-state index in [1.807, 2.05) is 6.08 Å². The molecule has 3 nitrogen and oxygen atoms in total. The molecule has 0 spiro atoms. The zero-order chi connectivity index (χ0) is 13.0. The fourth-order valence-electron chi connectivity index (χ4n) is 3.34.